The maximum atomic E-state index is 13.5. The number of nitrogens with zero attached hydrogens (tertiary/aromatic N) is 1. The van der Waals surface area contributed by atoms with Crippen LogP contribution in [0.25, 0.3) is 11.8 Å². The molecule has 0 bridgehead atoms. The fraction of sp³-hybridized carbons (Fsp3) is 0.0769. The highest BCUT2D eigenvalue weighted by molar-refractivity contribution is 6.34. The van der Waals surface area contributed by atoms with Gasteiger partial charge in [-0.25, -0.2) is 4.79 Å². The molecule has 32 heavy (non-hydrogen) atoms. The summed E-state index contributed by atoms with van der Waals surface area (Å²) < 4.78 is 10.0. The number of carbonyl (C=O) groups is 2. The van der Waals surface area contributed by atoms with Crippen molar-refractivity contribution < 1.29 is 19.1 Å². The predicted octanol–water partition coefficient (Wildman–Crippen LogP) is 5.61. The Morgan fingerprint density at radius 3 is 2.34 bits per heavy atom. The summed E-state index contributed by atoms with van der Waals surface area (Å²) in [5, 5.41) is 0.256. The summed E-state index contributed by atoms with van der Waals surface area (Å²) in [7, 11) is 2.90. The first kappa shape index (κ1) is 21.4. The maximum absolute atomic E-state index is 13.5. The van der Waals surface area contributed by atoms with E-state index in [-0.39, 0.29) is 16.5 Å². The SMILES string of the molecule is COC(=O)c1cc(N2C(=O)/C(=C/c3ccc(OC)cc3)C=C2c2ccccc2)ccc1Cl. The van der Waals surface area contributed by atoms with Gasteiger partial charge in [0.05, 0.1) is 36.2 Å². The van der Waals surface area contributed by atoms with Crippen LogP contribution in [0.2, 0.25) is 5.02 Å². The van der Waals surface area contributed by atoms with E-state index in [2.05, 4.69) is 0 Å². The number of carbonyl (C=O) groups excluding carboxylic acids is 2. The summed E-state index contributed by atoms with van der Waals surface area (Å²) in [6.45, 7) is 0. The first-order valence-corrected chi connectivity index (χ1v) is 10.2. The summed E-state index contributed by atoms with van der Waals surface area (Å²) in [6, 6.07) is 21.9. The highest BCUT2D eigenvalue weighted by Gasteiger charge is 2.31. The molecule has 3 aromatic carbocycles. The van der Waals surface area contributed by atoms with E-state index in [1.807, 2.05) is 66.7 Å². The molecular formula is C26H20ClNO4. The van der Waals surface area contributed by atoms with Crippen molar-refractivity contribution in [1.82, 2.24) is 0 Å². The lowest BCUT2D eigenvalue weighted by molar-refractivity contribution is -0.113. The quantitative estimate of drug-likeness (QED) is 0.378. The molecule has 0 saturated carbocycles. The van der Waals surface area contributed by atoms with E-state index in [9.17, 15) is 9.59 Å². The number of hydrogen-bond donors (Lipinski definition) is 0. The van der Waals surface area contributed by atoms with Crippen molar-refractivity contribution in [3.63, 3.8) is 0 Å². The molecule has 1 aliphatic heterocycles. The van der Waals surface area contributed by atoms with Crippen LogP contribution in [0.4, 0.5) is 5.69 Å². The van der Waals surface area contributed by atoms with Crippen LogP contribution in [-0.2, 0) is 9.53 Å². The van der Waals surface area contributed by atoms with Crippen LogP contribution in [0.1, 0.15) is 21.5 Å². The van der Waals surface area contributed by atoms with E-state index in [1.165, 1.54) is 7.11 Å². The number of hydrogen-bond acceptors (Lipinski definition) is 4. The topological polar surface area (TPSA) is 55.8 Å². The van der Waals surface area contributed by atoms with Crippen molar-refractivity contribution >= 4 is 40.9 Å². The predicted molar refractivity (Wildman–Crippen MR) is 126 cm³/mol. The summed E-state index contributed by atoms with van der Waals surface area (Å²) in [5.74, 6) is -0.0379. The average Bonchev–Trinajstić information content (AvgIpc) is 3.16. The third kappa shape index (κ3) is 4.15. The zero-order valence-electron chi connectivity index (χ0n) is 17.5. The number of halogens is 1. The molecule has 0 N–H and O–H groups in total. The smallest absolute Gasteiger partial charge is 0.339 e. The standard InChI is InChI=1S/C26H20ClNO4/c1-31-21-11-8-17(9-12-21)14-19-15-24(18-6-4-3-5-7-18)28(25(19)29)20-10-13-23(27)22(16-20)26(30)32-2/h3-16H,1-2H3/b19-14+. The monoisotopic (exact) mass is 445 g/mol. The van der Waals surface area contributed by atoms with E-state index in [0.29, 0.717) is 17.0 Å². The van der Waals surface area contributed by atoms with Crippen molar-refractivity contribution in [3.05, 3.63) is 106 Å². The third-order valence-electron chi connectivity index (χ3n) is 5.10. The Hall–Kier alpha value is -3.83. The van der Waals surface area contributed by atoms with Crippen molar-refractivity contribution in [2.75, 3.05) is 19.1 Å². The van der Waals surface area contributed by atoms with Crippen LogP contribution in [0, 0.1) is 0 Å². The van der Waals surface area contributed by atoms with Gasteiger partial charge in [-0.15, -0.1) is 0 Å². The van der Waals surface area contributed by atoms with Gasteiger partial charge in [-0.1, -0.05) is 54.1 Å². The molecule has 4 rings (SSSR count). The first-order chi connectivity index (χ1) is 15.5. The van der Waals surface area contributed by atoms with Gasteiger partial charge in [-0.05, 0) is 53.6 Å². The molecule has 3 aromatic rings. The molecule has 0 atom stereocenters. The number of esters is 1. The van der Waals surface area contributed by atoms with Gasteiger partial charge in [0, 0.05) is 5.57 Å². The summed E-state index contributed by atoms with van der Waals surface area (Å²) in [6.07, 6.45) is 3.66. The van der Waals surface area contributed by atoms with E-state index in [0.717, 1.165) is 16.9 Å². The minimum absolute atomic E-state index is 0.194. The average molecular weight is 446 g/mol. The molecule has 0 aliphatic carbocycles. The van der Waals surface area contributed by atoms with E-state index in [4.69, 9.17) is 21.1 Å². The van der Waals surface area contributed by atoms with Crippen molar-refractivity contribution in [1.29, 1.82) is 0 Å². The minimum atomic E-state index is -0.567. The lowest BCUT2D eigenvalue weighted by Gasteiger charge is -2.21. The van der Waals surface area contributed by atoms with Gasteiger partial charge in [-0.2, -0.15) is 0 Å². The molecule has 1 aliphatic rings. The third-order valence-corrected chi connectivity index (χ3v) is 5.43. The molecule has 160 valence electrons. The lowest BCUT2D eigenvalue weighted by Crippen LogP contribution is -2.25. The fourth-order valence-corrected chi connectivity index (χ4v) is 3.69. The number of methoxy groups -OCH3 is 2. The molecule has 6 heteroatoms. The van der Waals surface area contributed by atoms with E-state index >= 15 is 0 Å². The Morgan fingerprint density at radius 2 is 1.69 bits per heavy atom. The Balaban J connectivity index is 1.81. The van der Waals surface area contributed by atoms with Gasteiger partial charge in [0.25, 0.3) is 5.91 Å². The van der Waals surface area contributed by atoms with Crippen LogP contribution < -0.4 is 9.64 Å². The summed E-state index contributed by atoms with van der Waals surface area (Å²) in [4.78, 5) is 27.2. The minimum Gasteiger partial charge on any atom is -0.497 e. The van der Waals surface area contributed by atoms with Gasteiger partial charge in [0.1, 0.15) is 5.75 Å². The Bertz CT molecular complexity index is 1230. The van der Waals surface area contributed by atoms with E-state index < -0.39 is 5.97 Å². The zero-order chi connectivity index (χ0) is 22.7. The van der Waals surface area contributed by atoms with Crippen LogP contribution in [0.15, 0.2) is 84.4 Å². The molecule has 0 radical (unpaired) electrons. The molecule has 0 unspecified atom stereocenters. The van der Waals surface area contributed by atoms with Gasteiger partial charge >= 0.3 is 5.97 Å². The molecular weight excluding hydrogens is 426 g/mol. The Kier molecular flexibility index (Phi) is 6.10. The summed E-state index contributed by atoms with van der Waals surface area (Å²) >= 11 is 6.19. The molecule has 0 fully saturated rings. The van der Waals surface area contributed by atoms with Crippen LogP contribution in [0.5, 0.6) is 5.75 Å². The molecule has 0 spiro atoms. The Labute approximate surface area is 191 Å². The summed E-state index contributed by atoms with van der Waals surface area (Å²) in [5.41, 5.74) is 3.67. The molecule has 0 saturated heterocycles. The molecule has 1 heterocycles. The number of ether oxygens (including phenoxy) is 2. The van der Waals surface area contributed by atoms with Gasteiger partial charge in [-0.3, -0.25) is 9.69 Å². The van der Waals surface area contributed by atoms with Crippen LogP contribution >= 0.6 is 11.6 Å². The maximum Gasteiger partial charge on any atom is 0.339 e. The van der Waals surface area contributed by atoms with Crippen molar-refractivity contribution in [2.24, 2.45) is 0 Å². The van der Waals surface area contributed by atoms with Gasteiger partial charge in [0.2, 0.25) is 0 Å². The normalized spacial score (nSPS) is 14.5. The number of anilines is 1. The van der Waals surface area contributed by atoms with Crippen LogP contribution in [-0.4, -0.2) is 26.1 Å². The van der Waals surface area contributed by atoms with Crippen molar-refractivity contribution in [2.45, 2.75) is 0 Å². The van der Waals surface area contributed by atoms with Gasteiger partial charge < -0.3 is 9.47 Å². The lowest BCUT2D eigenvalue weighted by atomic mass is 10.1. The number of benzene rings is 3. The second-order valence-electron chi connectivity index (χ2n) is 7.06. The van der Waals surface area contributed by atoms with Crippen LogP contribution in [0.3, 0.4) is 0 Å². The second-order valence-corrected chi connectivity index (χ2v) is 7.47. The molecule has 1 amide bonds. The van der Waals surface area contributed by atoms with E-state index in [1.54, 1.807) is 30.2 Å². The largest absolute Gasteiger partial charge is 0.497 e. The number of rotatable bonds is 5. The second kappa shape index (κ2) is 9.12. The fourth-order valence-electron chi connectivity index (χ4n) is 3.49. The molecule has 5 nitrogen and oxygen atoms in total. The molecule has 0 aromatic heterocycles. The number of amides is 1. The van der Waals surface area contributed by atoms with Crippen molar-refractivity contribution in [3.8, 4) is 5.75 Å². The highest BCUT2D eigenvalue weighted by atomic mass is 35.5. The Morgan fingerprint density at radius 1 is 0.969 bits per heavy atom. The van der Waals surface area contributed by atoms with Gasteiger partial charge in [0.15, 0.2) is 0 Å². The highest BCUT2D eigenvalue weighted by Crippen LogP contribution is 2.36. The zero-order valence-corrected chi connectivity index (χ0v) is 18.3. The first-order valence-electron chi connectivity index (χ1n) is 9.87.